The molecule has 0 radical (unpaired) electrons. The summed E-state index contributed by atoms with van der Waals surface area (Å²) in [7, 11) is 2.07. The molecule has 1 aliphatic rings. The standard InChI is InChI=1S/C12H21N3S/c1-9-7-15(5-4-12(9)13-3)8-11-6-14-10(2)16-11/h6,9,12-13H,4-5,7-8H2,1-3H3/t9-,12-/m1/s1. The lowest BCUT2D eigenvalue weighted by Gasteiger charge is -2.36. The monoisotopic (exact) mass is 239 g/mol. The molecule has 1 fully saturated rings. The van der Waals surface area contributed by atoms with Crippen molar-refractivity contribution >= 4 is 11.3 Å². The number of nitrogens with one attached hydrogen (secondary N) is 1. The van der Waals surface area contributed by atoms with E-state index in [2.05, 4.69) is 36.1 Å². The maximum Gasteiger partial charge on any atom is 0.0897 e. The molecule has 2 atom stereocenters. The molecule has 0 unspecified atom stereocenters. The molecule has 0 bridgehead atoms. The Kier molecular flexibility index (Phi) is 3.95. The Morgan fingerprint density at radius 3 is 3.00 bits per heavy atom. The molecule has 1 aromatic rings. The smallest absolute Gasteiger partial charge is 0.0897 e. The van der Waals surface area contributed by atoms with Crippen LogP contribution in [0.5, 0.6) is 0 Å². The van der Waals surface area contributed by atoms with Crippen molar-refractivity contribution < 1.29 is 0 Å². The van der Waals surface area contributed by atoms with E-state index in [1.807, 2.05) is 17.5 Å². The van der Waals surface area contributed by atoms with Gasteiger partial charge in [0.2, 0.25) is 0 Å². The zero-order chi connectivity index (χ0) is 11.5. The molecule has 1 saturated heterocycles. The number of nitrogens with zero attached hydrogens (tertiary/aromatic N) is 2. The summed E-state index contributed by atoms with van der Waals surface area (Å²) in [6.45, 7) is 7.89. The van der Waals surface area contributed by atoms with Crippen LogP contribution in [0.25, 0.3) is 0 Å². The zero-order valence-corrected chi connectivity index (χ0v) is 11.2. The largest absolute Gasteiger partial charge is 0.317 e. The van der Waals surface area contributed by atoms with E-state index in [9.17, 15) is 0 Å². The second kappa shape index (κ2) is 5.25. The first-order chi connectivity index (χ1) is 7.69. The second-order valence-electron chi connectivity index (χ2n) is 4.74. The Labute approximate surface area is 102 Å². The van der Waals surface area contributed by atoms with Crippen LogP contribution in [0.3, 0.4) is 0 Å². The van der Waals surface area contributed by atoms with E-state index in [1.165, 1.54) is 29.4 Å². The second-order valence-corrected chi connectivity index (χ2v) is 6.06. The molecule has 2 heterocycles. The van der Waals surface area contributed by atoms with E-state index < -0.39 is 0 Å². The van der Waals surface area contributed by atoms with Crippen LogP contribution < -0.4 is 5.32 Å². The van der Waals surface area contributed by atoms with E-state index in [0.29, 0.717) is 6.04 Å². The first kappa shape index (κ1) is 12.0. The summed E-state index contributed by atoms with van der Waals surface area (Å²) in [4.78, 5) is 8.25. The van der Waals surface area contributed by atoms with Gasteiger partial charge in [0.25, 0.3) is 0 Å². The molecule has 4 heteroatoms. The van der Waals surface area contributed by atoms with Gasteiger partial charge in [-0.2, -0.15) is 0 Å². The Bertz CT molecular complexity index is 337. The minimum Gasteiger partial charge on any atom is -0.317 e. The van der Waals surface area contributed by atoms with Crippen LogP contribution >= 0.6 is 11.3 Å². The van der Waals surface area contributed by atoms with Crippen molar-refractivity contribution in [3.05, 3.63) is 16.1 Å². The van der Waals surface area contributed by atoms with Gasteiger partial charge in [0, 0.05) is 36.8 Å². The number of aryl methyl sites for hydroxylation is 1. The van der Waals surface area contributed by atoms with Crippen LogP contribution in [0.1, 0.15) is 23.2 Å². The van der Waals surface area contributed by atoms with Crippen LogP contribution in [-0.2, 0) is 6.54 Å². The van der Waals surface area contributed by atoms with Crippen LogP contribution in [0.4, 0.5) is 0 Å². The van der Waals surface area contributed by atoms with Gasteiger partial charge in [-0.05, 0) is 26.3 Å². The van der Waals surface area contributed by atoms with Crippen molar-refractivity contribution in [2.45, 2.75) is 32.9 Å². The lowest BCUT2D eigenvalue weighted by atomic mass is 9.94. The van der Waals surface area contributed by atoms with Gasteiger partial charge >= 0.3 is 0 Å². The predicted octanol–water partition coefficient (Wildman–Crippen LogP) is 1.88. The fourth-order valence-electron chi connectivity index (χ4n) is 2.50. The molecule has 0 amide bonds. The molecule has 1 aliphatic heterocycles. The lowest BCUT2D eigenvalue weighted by molar-refractivity contribution is 0.146. The minimum absolute atomic E-state index is 0.694. The van der Waals surface area contributed by atoms with Gasteiger partial charge in [-0.25, -0.2) is 4.98 Å². The summed E-state index contributed by atoms with van der Waals surface area (Å²) in [5.41, 5.74) is 0. The number of piperidine rings is 1. The zero-order valence-electron chi connectivity index (χ0n) is 10.4. The van der Waals surface area contributed by atoms with Crippen molar-refractivity contribution in [2.75, 3.05) is 20.1 Å². The summed E-state index contributed by atoms with van der Waals surface area (Å²) >= 11 is 1.82. The van der Waals surface area contributed by atoms with Gasteiger partial charge < -0.3 is 5.32 Å². The number of rotatable bonds is 3. The molecule has 16 heavy (non-hydrogen) atoms. The molecule has 1 aromatic heterocycles. The molecular weight excluding hydrogens is 218 g/mol. The summed E-state index contributed by atoms with van der Waals surface area (Å²) in [5, 5.41) is 4.58. The fourth-order valence-corrected chi connectivity index (χ4v) is 3.34. The van der Waals surface area contributed by atoms with E-state index in [4.69, 9.17) is 0 Å². The first-order valence-electron chi connectivity index (χ1n) is 6.00. The van der Waals surface area contributed by atoms with Gasteiger partial charge in [-0.3, -0.25) is 4.90 Å². The van der Waals surface area contributed by atoms with Crippen LogP contribution in [0, 0.1) is 12.8 Å². The van der Waals surface area contributed by atoms with Gasteiger partial charge in [0.1, 0.15) is 0 Å². The highest BCUT2D eigenvalue weighted by atomic mass is 32.1. The number of thiazole rings is 1. The Hall–Kier alpha value is -0.450. The van der Waals surface area contributed by atoms with Crippen molar-refractivity contribution in [3.63, 3.8) is 0 Å². The van der Waals surface area contributed by atoms with Gasteiger partial charge in [-0.1, -0.05) is 6.92 Å². The highest BCUT2D eigenvalue weighted by Crippen LogP contribution is 2.20. The van der Waals surface area contributed by atoms with Crippen molar-refractivity contribution in [1.29, 1.82) is 0 Å². The Balaban J connectivity index is 1.88. The third-order valence-electron chi connectivity index (χ3n) is 3.41. The van der Waals surface area contributed by atoms with Gasteiger partial charge in [0.05, 0.1) is 5.01 Å². The molecule has 0 saturated carbocycles. The number of aromatic nitrogens is 1. The first-order valence-corrected chi connectivity index (χ1v) is 6.81. The van der Waals surface area contributed by atoms with E-state index in [1.54, 1.807) is 0 Å². The van der Waals surface area contributed by atoms with Gasteiger partial charge in [0.15, 0.2) is 0 Å². The van der Waals surface area contributed by atoms with Crippen molar-refractivity contribution in [2.24, 2.45) is 5.92 Å². The number of hydrogen-bond donors (Lipinski definition) is 1. The van der Waals surface area contributed by atoms with Crippen molar-refractivity contribution in [1.82, 2.24) is 15.2 Å². The van der Waals surface area contributed by atoms with E-state index >= 15 is 0 Å². The molecule has 1 N–H and O–H groups in total. The minimum atomic E-state index is 0.694. The average molecular weight is 239 g/mol. The molecular formula is C12H21N3S. The Morgan fingerprint density at radius 1 is 1.62 bits per heavy atom. The Morgan fingerprint density at radius 2 is 2.44 bits per heavy atom. The summed E-state index contributed by atoms with van der Waals surface area (Å²) in [5.74, 6) is 0.743. The van der Waals surface area contributed by atoms with E-state index in [-0.39, 0.29) is 0 Å². The van der Waals surface area contributed by atoms with Crippen LogP contribution in [0.15, 0.2) is 6.20 Å². The summed E-state index contributed by atoms with van der Waals surface area (Å²) < 4.78 is 0. The highest BCUT2D eigenvalue weighted by molar-refractivity contribution is 7.11. The van der Waals surface area contributed by atoms with E-state index in [0.717, 1.165) is 12.5 Å². The summed E-state index contributed by atoms with van der Waals surface area (Å²) in [6.07, 6.45) is 3.28. The third-order valence-corrected chi connectivity index (χ3v) is 4.31. The quantitative estimate of drug-likeness (QED) is 0.873. The maximum atomic E-state index is 4.31. The lowest BCUT2D eigenvalue weighted by Crippen LogP contribution is -2.46. The molecule has 3 nitrogen and oxygen atoms in total. The molecule has 0 aliphatic carbocycles. The average Bonchev–Trinajstić information content (AvgIpc) is 2.64. The summed E-state index contributed by atoms with van der Waals surface area (Å²) in [6, 6.07) is 0.694. The molecule has 90 valence electrons. The normalized spacial score (nSPS) is 27.2. The highest BCUT2D eigenvalue weighted by Gasteiger charge is 2.24. The van der Waals surface area contributed by atoms with Gasteiger partial charge in [-0.15, -0.1) is 11.3 Å². The topological polar surface area (TPSA) is 28.2 Å². The van der Waals surface area contributed by atoms with Crippen LogP contribution in [0.2, 0.25) is 0 Å². The number of likely N-dealkylation sites (tertiary alicyclic amines) is 1. The predicted molar refractivity (Wildman–Crippen MR) is 68.8 cm³/mol. The molecule has 2 rings (SSSR count). The number of hydrogen-bond acceptors (Lipinski definition) is 4. The van der Waals surface area contributed by atoms with Crippen LogP contribution in [-0.4, -0.2) is 36.1 Å². The molecule has 0 aromatic carbocycles. The fraction of sp³-hybridized carbons (Fsp3) is 0.750. The third kappa shape index (κ3) is 2.81. The molecule has 0 spiro atoms. The SMILES string of the molecule is CN[C@@H]1CCN(Cc2cnc(C)s2)C[C@H]1C. The maximum absolute atomic E-state index is 4.31. The van der Waals surface area contributed by atoms with Crippen molar-refractivity contribution in [3.8, 4) is 0 Å².